The van der Waals surface area contributed by atoms with E-state index in [2.05, 4.69) is 26.3 Å². The molecular formula is C22H21N9. The molecule has 154 valence electrons. The number of piperazine rings is 1. The number of rotatable bonds is 3. The highest BCUT2D eigenvalue weighted by atomic mass is 15.3. The van der Waals surface area contributed by atoms with Crippen LogP contribution >= 0.6 is 0 Å². The number of nitrogens with one attached hydrogen (secondary N) is 1. The SMILES string of the molecule is CCN1/C(=C(\C#N)c2nc(C#N)c(C#N)nc2N2CCN(C)CC2)Nc2ccccc21. The number of para-hydroxylation sites is 2. The zero-order valence-electron chi connectivity index (χ0n) is 17.4. The molecule has 0 atom stereocenters. The van der Waals surface area contributed by atoms with Crippen molar-refractivity contribution in [2.24, 2.45) is 0 Å². The van der Waals surface area contributed by atoms with E-state index in [-0.39, 0.29) is 11.4 Å². The van der Waals surface area contributed by atoms with Crippen molar-refractivity contribution in [1.29, 1.82) is 15.8 Å². The molecule has 2 aromatic rings. The highest BCUT2D eigenvalue weighted by Gasteiger charge is 2.30. The standard InChI is InChI=1S/C22H21N9/c1-3-31-19-7-5-4-6-16(19)27-21(31)15(12-23)20-22(30-10-8-29(2)9-11-30)28-18(14-25)17(13-24)26-20/h4-7,27H,3,8-11H2,1-2H3/b21-15+. The smallest absolute Gasteiger partial charge is 0.179 e. The predicted molar refractivity (Wildman–Crippen MR) is 117 cm³/mol. The molecule has 0 unspecified atom stereocenters. The molecule has 0 bridgehead atoms. The van der Waals surface area contributed by atoms with Crippen molar-refractivity contribution >= 4 is 22.8 Å². The zero-order chi connectivity index (χ0) is 22.0. The van der Waals surface area contributed by atoms with Crippen LogP contribution in [0.2, 0.25) is 0 Å². The van der Waals surface area contributed by atoms with Gasteiger partial charge in [0.25, 0.3) is 0 Å². The lowest BCUT2D eigenvalue weighted by atomic mass is 10.1. The van der Waals surface area contributed by atoms with E-state index in [0.29, 0.717) is 42.5 Å². The van der Waals surface area contributed by atoms with Gasteiger partial charge in [-0.25, -0.2) is 9.97 Å². The van der Waals surface area contributed by atoms with Gasteiger partial charge in [0, 0.05) is 32.7 Å². The van der Waals surface area contributed by atoms with Crippen LogP contribution in [0.5, 0.6) is 0 Å². The first-order valence-electron chi connectivity index (χ1n) is 10.0. The van der Waals surface area contributed by atoms with Gasteiger partial charge in [-0.15, -0.1) is 0 Å². The van der Waals surface area contributed by atoms with Crippen LogP contribution in [0.15, 0.2) is 30.1 Å². The molecule has 0 saturated carbocycles. The molecule has 2 aliphatic heterocycles. The van der Waals surface area contributed by atoms with E-state index in [4.69, 9.17) is 0 Å². The second-order valence-corrected chi connectivity index (χ2v) is 7.33. The van der Waals surface area contributed by atoms with Gasteiger partial charge in [0.15, 0.2) is 17.2 Å². The lowest BCUT2D eigenvalue weighted by molar-refractivity contribution is 0.312. The Kier molecular flexibility index (Phi) is 5.41. The quantitative estimate of drug-likeness (QED) is 0.757. The van der Waals surface area contributed by atoms with E-state index < -0.39 is 0 Å². The highest BCUT2D eigenvalue weighted by Crippen LogP contribution is 2.39. The Morgan fingerprint density at radius 3 is 2.35 bits per heavy atom. The molecule has 1 N–H and O–H groups in total. The minimum atomic E-state index is -0.0812. The summed E-state index contributed by atoms with van der Waals surface area (Å²) < 4.78 is 0. The Labute approximate surface area is 181 Å². The third-order valence-electron chi connectivity index (χ3n) is 5.51. The maximum Gasteiger partial charge on any atom is 0.179 e. The lowest BCUT2D eigenvalue weighted by Crippen LogP contribution is -2.45. The minimum absolute atomic E-state index is 0.0301. The summed E-state index contributed by atoms with van der Waals surface area (Å²) in [7, 11) is 2.05. The first kappa shape index (κ1) is 20.2. The van der Waals surface area contributed by atoms with Gasteiger partial charge in [0.05, 0.1) is 11.4 Å². The summed E-state index contributed by atoms with van der Waals surface area (Å²) in [5.74, 6) is 1.06. The lowest BCUT2D eigenvalue weighted by Gasteiger charge is -2.34. The van der Waals surface area contributed by atoms with Crippen LogP contribution in [0.3, 0.4) is 0 Å². The van der Waals surface area contributed by atoms with E-state index in [1.807, 2.05) is 60.2 Å². The number of likely N-dealkylation sites (N-methyl/N-ethyl adjacent to an activating group) is 1. The van der Waals surface area contributed by atoms with Crippen LogP contribution in [-0.4, -0.2) is 54.6 Å². The first-order chi connectivity index (χ1) is 15.1. The first-order valence-corrected chi connectivity index (χ1v) is 10.0. The molecule has 0 spiro atoms. The van der Waals surface area contributed by atoms with E-state index in [1.54, 1.807) is 0 Å². The van der Waals surface area contributed by atoms with Crippen LogP contribution in [0.1, 0.15) is 24.0 Å². The molecule has 3 heterocycles. The van der Waals surface area contributed by atoms with Crippen molar-refractivity contribution in [3.63, 3.8) is 0 Å². The number of fused-ring (bicyclic) bond motifs is 1. The number of hydrogen-bond acceptors (Lipinski definition) is 9. The molecule has 9 nitrogen and oxygen atoms in total. The van der Waals surface area contributed by atoms with Gasteiger partial charge >= 0.3 is 0 Å². The number of allylic oxidation sites excluding steroid dienone is 1. The molecule has 0 radical (unpaired) electrons. The van der Waals surface area contributed by atoms with Gasteiger partial charge in [-0.05, 0) is 26.1 Å². The predicted octanol–water partition coefficient (Wildman–Crippen LogP) is 2.12. The summed E-state index contributed by atoms with van der Waals surface area (Å²) in [6.45, 7) is 5.68. The number of aromatic nitrogens is 2. The van der Waals surface area contributed by atoms with Crippen LogP contribution in [-0.2, 0) is 0 Å². The molecule has 4 rings (SSSR count). The molecule has 9 heteroatoms. The molecule has 0 aliphatic carbocycles. The summed E-state index contributed by atoms with van der Waals surface area (Å²) in [5.41, 5.74) is 2.36. The maximum atomic E-state index is 10.2. The van der Waals surface area contributed by atoms with Gasteiger partial charge < -0.3 is 20.0 Å². The molecule has 1 aromatic carbocycles. The highest BCUT2D eigenvalue weighted by molar-refractivity contribution is 5.93. The fourth-order valence-electron chi connectivity index (χ4n) is 3.86. The summed E-state index contributed by atoms with van der Waals surface area (Å²) >= 11 is 0. The largest absolute Gasteiger partial charge is 0.352 e. The molecule has 2 aliphatic rings. The Bertz CT molecular complexity index is 1170. The third kappa shape index (κ3) is 3.50. The Balaban J connectivity index is 1.91. The van der Waals surface area contributed by atoms with Gasteiger partial charge in [0.1, 0.15) is 35.3 Å². The van der Waals surface area contributed by atoms with Gasteiger partial charge in [0.2, 0.25) is 0 Å². The molecule has 31 heavy (non-hydrogen) atoms. The molecule has 1 aromatic heterocycles. The summed E-state index contributed by atoms with van der Waals surface area (Å²) in [5, 5.41) is 32.5. The second-order valence-electron chi connectivity index (χ2n) is 7.33. The van der Waals surface area contributed by atoms with Crippen LogP contribution < -0.4 is 15.1 Å². The number of benzene rings is 1. The topological polar surface area (TPSA) is 119 Å². The van der Waals surface area contributed by atoms with Crippen molar-refractivity contribution in [3.8, 4) is 18.2 Å². The Morgan fingerprint density at radius 1 is 1.03 bits per heavy atom. The Morgan fingerprint density at radius 2 is 1.71 bits per heavy atom. The molecule has 0 amide bonds. The van der Waals surface area contributed by atoms with Gasteiger partial charge in [-0.3, -0.25) is 0 Å². The van der Waals surface area contributed by atoms with Crippen molar-refractivity contribution < 1.29 is 0 Å². The number of nitriles is 3. The van der Waals surface area contributed by atoms with Crippen molar-refractivity contribution in [3.05, 3.63) is 47.2 Å². The Hall–Kier alpha value is -4.13. The van der Waals surface area contributed by atoms with Gasteiger partial charge in [-0.1, -0.05) is 12.1 Å². The molecular weight excluding hydrogens is 390 g/mol. The summed E-state index contributed by atoms with van der Waals surface area (Å²) in [4.78, 5) is 15.2. The minimum Gasteiger partial charge on any atom is -0.352 e. The van der Waals surface area contributed by atoms with Crippen molar-refractivity contribution in [2.75, 3.05) is 54.9 Å². The van der Waals surface area contributed by atoms with Crippen LogP contribution in [0, 0.1) is 34.0 Å². The van der Waals surface area contributed by atoms with E-state index in [0.717, 1.165) is 24.5 Å². The zero-order valence-corrected chi connectivity index (χ0v) is 17.4. The fourth-order valence-corrected chi connectivity index (χ4v) is 3.86. The summed E-state index contributed by atoms with van der Waals surface area (Å²) in [6.07, 6.45) is 0. The normalized spacial score (nSPS) is 17.3. The molecule has 1 saturated heterocycles. The maximum absolute atomic E-state index is 10.2. The fraction of sp³-hybridized carbons (Fsp3) is 0.318. The monoisotopic (exact) mass is 411 g/mol. The average Bonchev–Trinajstić information content (AvgIpc) is 3.18. The third-order valence-corrected chi connectivity index (χ3v) is 5.51. The van der Waals surface area contributed by atoms with E-state index in [9.17, 15) is 15.8 Å². The number of hydrogen-bond donors (Lipinski definition) is 1. The second kappa shape index (κ2) is 8.31. The number of nitrogens with zero attached hydrogens (tertiary/aromatic N) is 8. The molecule has 1 fully saturated rings. The average molecular weight is 411 g/mol. The van der Waals surface area contributed by atoms with E-state index in [1.165, 1.54) is 0 Å². The van der Waals surface area contributed by atoms with Crippen molar-refractivity contribution in [2.45, 2.75) is 6.92 Å². The van der Waals surface area contributed by atoms with E-state index >= 15 is 0 Å². The van der Waals surface area contributed by atoms with Gasteiger partial charge in [-0.2, -0.15) is 15.8 Å². The van der Waals surface area contributed by atoms with Crippen LogP contribution in [0.25, 0.3) is 5.57 Å². The van der Waals surface area contributed by atoms with Crippen LogP contribution in [0.4, 0.5) is 17.2 Å². The van der Waals surface area contributed by atoms with Crippen molar-refractivity contribution in [1.82, 2.24) is 14.9 Å². The number of anilines is 3. The summed E-state index contributed by atoms with van der Waals surface area (Å²) in [6, 6.07) is 14.0.